The summed E-state index contributed by atoms with van der Waals surface area (Å²) in [5.41, 5.74) is 1.79. The Hall–Kier alpha value is -1.88. The number of hydrogen-bond acceptors (Lipinski definition) is 5. The monoisotopic (exact) mass is 270 g/mol. The van der Waals surface area contributed by atoms with E-state index in [0.717, 1.165) is 36.4 Å². The van der Waals surface area contributed by atoms with E-state index in [-0.39, 0.29) is 6.10 Å². The molecule has 0 radical (unpaired) electrons. The topological polar surface area (TPSA) is 59.1 Å². The second kappa shape index (κ2) is 4.90. The molecule has 2 fully saturated rings. The van der Waals surface area contributed by atoms with E-state index in [1.54, 1.807) is 0 Å². The zero-order chi connectivity index (χ0) is 13.4. The van der Waals surface area contributed by atoms with Crippen molar-refractivity contribution in [3.8, 4) is 5.88 Å². The Morgan fingerprint density at radius 3 is 2.60 bits per heavy atom. The number of rotatable bonds is 4. The summed E-state index contributed by atoms with van der Waals surface area (Å²) in [6, 6.07) is 8.46. The molecule has 0 amide bonds. The normalized spacial score (nSPS) is 22.1. The SMILES string of the molecule is c1ccc2nc(OC3CCNC3)c(NC3CC3)nc2c1. The fourth-order valence-corrected chi connectivity index (χ4v) is 2.47. The second-order valence-electron chi connectivity index (χ2n) is 5.52. The Balaban J connectivity index is 1.69. The summed E-state index contributed by atoms with van der Waals surface area (Å²) in [4.78, 5) is 9.32. The van der Waals surface area contributed by atoms with Crippen LogP contribution in [-0.2, 0) is 0 Å². The van der Waals surface area contributed by atoms with E-state index < -0.39 is 0 Å². The van der Waals surface area contributed by atoms with E-state index in [0.29, 0.717) is 11.9 Å². The maximum absolute atomic E-state index is 6.04. The quantitative estimate of drug-likeness (QED) is 0.889. The molecule has 1 atom stereocenters. The smallest absolute Gasteiger partial charge is 0.258 e. The van der Waals surface area contributed by atoms with E-state index in [9.17, 15) is 0 Å². The number of para-hydroxylation sites is 2. The van der Waals surface area contributed by atoms with Crippen molar-refractivity contribution in [3.05, 3.63) is 24.3 Å². The lowest BCUT2D eigenvalue weighted by atomic mass is 10.3. The summed E-state index contributed by atoms with van der Waals surface area (Å²) in [7, 11) is 0. The number of ether oxygens (including phenoxy) is 1. The second-order valence-corrected chi connectivity index (χ2v) is 5.52. The third-order valence-corrected chi connectivity index (χ3v) is 3.75. The molecule has 0 bridgehead atoms. The Morgan fingerprint density at radius 2 is 1.90 bits per heavy atom. The molecule has 1 aromatic heterocycles. The van der Waals surface area contributed by atoms with Crippen molar-refractivity contribution in [2.75, 3.05) is 18.4 Å². The first kappa shape index (κ1) is 11.9. The lowest BCUT2D eigenvalue weighted by Gasteiger charge is -2.15. The van der Waals surface area contributed by atoms with Gasteiger partial charge in [0.05, 0.1) is 11.0 Å². The molecule has 5 nitrogen and oxygen atoms in total. The molecule has 20 heavy (non-hydrogen) atoms. The number of anilines is 1. The summed E-state index contributed by atoms with van der Waals surface area (Å²) in [6.45, 7) is 1.90. The van der Waals surface area contributed by atoms with Crippen LogP contribution in [0, 0.1) is 0 Å². The maximum Gasteiger partial charge on any atom is 0.258 e. The van der Waals surface area contributed by atoms with E-state index in [4.69, 9.17) is 4.74 Å². The first-order chi connectivity index (χ1) is 9.88. The van der Waals surface area contributed by atoms with Gasteiger partial charge < -0.3 is 15.4 Å². The van der Waals surface area contributed by atoms with Gasteiger partial charge in [0.15, 0.2) is 5.82 Å². The van der Waals surface area contributed by atoms with Gasteiger partial charge in [-0.05, 0) is 37.9 Å². The highest BCUT2D eigenvalue weighted by molar-refractivity contribution is 5.77. The molecule has 104 valence electrons. The van der Waals surface area contributed by atoms with Crippen molar-refractivity contribution < 1.29 is 4.74 Å². The van der Waals surface area contributed by atoms with Gasteiger partial charge in [0, 0.05) is 12.6 Å². The van der Waals surface area contributed by atoms with Gasteiger partial charge in [-0.2, -0.15) is 0 Å². The molecule has 1 unspecified atom stereocenters. The Bertz CT molecular complexity index is 620. The van der Waals surface area contributed by atoms with Crippen molar-refractivity contribution in [1.29, 1.82) is 0 Å². The molecule has 1 aromatic carbocycles. The van der Waals surface area contributed by atoms with Crippen LogP contribution >= 0.6 is 0 Å². The van der Waals surface area contributed by atoms with E-state index in [1.807, 2.05) is 24.3 Å². The molecule has 1 aliphatic heterocycles. The predicted molar refractivity (Wildman–Crippen MR) is 78.1 cm³/mol. The van der Waals surface area contributed by atoms with Crippen LogP contribution in [-0.4, -0.2) is 35.2 Å². The average Bonchev–Trinajstić information content (AvgIpc) is 3.13. The molecule has 0 spiro atoms. The van der Waals surface area contributed by atoms with Gasteiger partial charge in [-0.25, -0.2) is 9.97 Å². The average molecular weight is 270 g/mol. The molecule has 2 N–H and O–H groups in total. The molecule has 2 heterocycles. The fraction of sp³-hybridized carbons (Fsp3) is 0.467. The van der Waals surface area contributed by atoms with Crippen LogP contribution in [0.3, 0.4) is 0 Å². The Kier molecular flexibility index (Phi) is 2.92. The molecule has 1 saturated heterocycles. The number of nitrogens with zero attached hydrogens (tertiary/aromatic N) is 2. The van der Waals surface area contributed by atoms with Gasteiger partial charge >= 0.3 is 0 Å². The Morgan fingerprint density at radius 1 is 1.10 bits per heavy atom. The summed E-state index contributed by atoms with van der Waals surface area (Å²) in [5, 5.41) is 6.74. The van der Waals surface area contributed by atoms with Crippen LogP contribution in [0.5, 0.6) is 5.88 Å². The summed E-state index contributed by atoms with van der Waals surface area (Å²) in [6.07, 6.45) is 3.64. The van der Waals surface area contributed by atoms with Gasteiger partial charge in [0.2, 0.25) is 0 Å². The minimum atomic E-state index is 0.199. The van der Waals surface area contributed by atoms with Crippen molar-refractivity contribution in [3.63, 3.8) is 0 Å². The summed E-state index contributed by atoms with van der Waals surface area (Å²) >= 11 is 0. The predicted octanol–water partition coefficient (Wildman–Crippen LogP) is 1.94. The number of fused-ring (bicyclic) bond motifs is 1. The van der Waals surface area contributed by atoms with Gasteiger partial charge in [-0.3, -0.25) is 0 Å². The highest BCUT2D eigenvalue weighted by Crippen LogP contribution is 2.30. The number of hydrogen-bond donors (Lipinski definition) is 2. The van der Waals surface area contributed by atoms with Crippen LogP contribution in [0.4, 0.5) is 5.82 Å². The van der Waals surface area contributed by atoms with Gasteiger partial charge in [0.25, 0.3) is 5.88 Å². The van der Waals surface area contributed by atoms with Crippen LogP contribution < -0.4 is 15.4 Å². The number of benzene rings is 1. The highest BCUT2D eigenvalue weighted by atomic mass is 16.5. The van der Waals surface area contributed by atoms with Gasteiger partial charge in [-0.1, -0.05) is 12.1 Å². The third-order valence-electron chi connectivity index (χ3n) is 3.75. The van der Waals surface area contributed by atoms with E-state index in [1.165, 1.54) is 12.8 Å². The largest absolute Gasteiger partial charge is 0.470 e. The maximum atomic E-state index is 6.04. The number of nitrogens with one attached hydrogen (secondary N) is 2. The third kappa shape index (κ3) is 2.41. The standard InChI is InChI=1S/C15H18N4O/c1-2-4-13-12(3-1)18-14(17-10-5-6-10)15(19-13)20-11-7-8-16-9-11/h1-4,10-11,16H,5-9H2,(H,17,18). The molecule has 1 saturated carbocycles. The fourth-order valence-electron chi connectivity index (χ4n) is 2.47. The van der Waals surface area contributed by atoms with Crippen LogP contribution in [0.25, 0.3) is 11.0 Å². The van der Waals surface area contributed by atoms with Crippen LogP contribution in [0.1, 0.15) is 19.3 Å². The lowest BCUT2D eigenvalue weighted by Crippen LogP contribution is -2.21. The van der Waals surface area contributed by atoms with Crippen LogP contribution in [0.15, 0.2) is 24.3 Å². The molecule has 4 rings (SSSR count). The Labute approximate surface area is 117 Å². The number of aromatic nitrogens is 2. The van der Waals surface area contributed by atoms with Crippen LogP contribution in [0.2, 0.25) is 0 Å². The molecular formula is C15H18N4O. The minimum absolute atomic E-state index is 0.199. The van der Waals surface area contributed by atoms with Crippen molar-refractivity contribution in [1.82, 2.24) is 15.3 Å². The first-order valence-corrected chi connectivity index (χ1v) is 7.29. The lowest BCUT2D eigenvalue weighted by molar-refractivity contribution is 0.215. The minimum Gasteiger partial charge on any atom is -0.470 e. The molecule has 2 aromatic rings. The molecule has 1 aliphatic carbocycles. The zero-order valence-corrected chi connectivity index (χ0v) is 11.3. The zero-order valence-electron chi connectivity index (χ0n) is 11.3. The highest BCUT2D eigenvalue weighted by Gasteiger charge is 2.25. The summed E-state index contributed by atoms with van der Waals surface area (Å²) < 4.78 is 6.04. The van der Waals surface area contributed by atoms with Gasteiger partial charge in [-0.15, -0.1) is 0 Å². The van der Waals surface area contributed by atoms with Crippen molar-refractivity contribution in [2.45, 2.75) is 31.4 Å². The molecule has 5 heteroatoms. The molecule has 2 aliphatic rings. The molecular weight excluding hydrogens is 252 g/mol. The van der Waals surface area contributed by atoms with E-state index >= 15 is 0 Å². The summed E-state index contributed by atoms with van der Waals surface area (Å²) in [5.74, 6) is 1.43. The van der Waals surface area contributed by atoms with Crippen molar-refractivity contribution >= 4 is 16.9 Å². The first-order valence-electron chi connectivity index (χ1n) is 7.29. The van der Waals surface area contributed by atoms with Crippen molar-refractivity contribution in [2.24, 2.45) is 0 Å². The van der Waals surface area contributed by atoms with Gasteiger partial charge in [0.1, 0.15) is 6.10 Å². The van der Waals surface area contributed by atoms with E-state index in [2.05, 4.69) is 20.6 Å².